The van der Waals surface area contributed by atoms with Crippen LogP contribution >= 0.6 is 34.9 Å². The number of thiazole rings is 1. The third-order valence-corrected chi connectivity index (χ3v) is 8.97. The zero-order chi connectivity index (χ0) is 21.8. The molecule has 1 aliphatic heterocycles. The summed E-state index contributed by atoms with van der Waals surface area (Å²) in [6.45, 7) is 0. The van der Waals surface area contributed by atoms with Gasteiger partial charge < -0.3 is 14.6 Å². The first-order valence-electron chi connectivity index (χ1n) is 10.6. The number of aromatic carboxylic acids is 1. The van der Waals surface area contributed by atoms with Crippen molar-refractivity contribution in [3.63, 3.8) is 0 Å². The highest BCUT2D eigenvalue weighted by Crippen LogP contribution is 2.35. The second-order valence-corrected chi connectivity index (χ2v) is 11.4. The van der Waals surface area contributed by atoms with Crippen molar-refractivity contribution < 1.29 is 14.7 Å². The van der Waals surface area contributed by atoms with E-state index in [4.69, 9.17) is 0 Å². The maximum atomic E-state index is 13.3. The van der Waals surface area contributed by atoms with Gasteiger partial charge in [-0.15, -0.1) is 0 Å². The molecule has 168 valence electrons. The number of carboxylic acids is 1. The first-order chi connectivity index (χ1) is 15.0. The van der Waals surface area contributed by atoms with E-state index >= 15 is 0 Å². The van der Waals surface area contributed by atoms with E-state index in [9.17, 15) is 14.7 Å². The van der Waals surface area contributed by atoms with Gasteiger partial charge in [0, 0.05) is 19.1 Å². The van der Waals surface area contributed by atoms with Gasteiger partial charge in [0.15, 0.2) is 10.3 Å². The fourth-order valence-corrected chi connectivity index (χ4v) is 7.12. The third-order valence-electron chi connectivity index (χ3n) is 5.84. The molecule has 2 aromatic rings. The Morgan fingerprint density at radius 1 is 1.13 bits per heavy atom. The SMILES string of the molecule is Cn1c(C(=O)O)cnc1Sc1cnc(NC(=O)N(C2CCCCC2)C2CCSCC2)s1. The van der Waals surface area contributed by atoms with Crippen LogP contribution in [0.5, 0.6) is 0 Å². The van der Waals surface area contributed by atoms with Crippen LogP contribution in [-0.2, 0) is 7.05 Å². The Balaban J connectivity index is 1.44. The van der Waals surface area contributed by atoms with E-state index in [0.29, 0.717) is 22.4 Å². The van der Waals surface area contributed by atoms with E-state index < -0.39 is 5.97 Å². The predicted octanol–water partition coefficient (Wildman–Crippen LogP) is 4.79. The average Bonchev–Trinajstić information content (AvgIpc) is 3.36. The molecule has 0 aromatic carbocycles. The van der Waals surface area contributed by atoms with Gasteiger partial charge in [0.2, 0.25) is 0 Å². The summed E-state index contributed by atoms with van der Waals surface area (Å²) < 4.78 is 2.39. The lowest BCUT2D eigenvalue weighted by atomic mass is 9.92. The Labute approximate surface area is 194 Å². The van der Waals surface area contributed by atoms with Gasteiger partial charge in [-0.3, -0.25) is 5.32 Å². The Morgan fingerprint density at radius 3 is 2.52 bits per heavy atom. The molecule has 2 fully saturated rings. The lowest BCUT2D eigenvalue weighted by Crippen LogP contribution is -2.51. The molecule has 0 atom stereocenters. The molecule has 0 unspecified atom stereocenters. The molecule has 2 aromatic heterocycles. The standard InChI is InChI=1S/C20H27N5O3S3/c1-24-15(17(26)27)11-22-20(24)31-16-12-21-18(30-16)23-19(28)25(13-5-3-2-4-6-13)14-7-9-29-10-8-14/h11-14H,2-10H2,1H3,(H,26,27)(H,21,23,28). The minimum atomic E-state index is -1.01. The highest BCUT2D eigenvalue weighted by Gasteiger charge is 2.33. The van der Waals surface area contributed by atoms with E-state index in [1.54, 1.807) is 13.2 Å². The number of imidazole rings is 1. The molecular weight excluding hydrogens is 454 g/mol. The van der Waals surface area contributed by atoms with E-state index in [0.717, 1.165) is 41.4 Å². The molecule has 2 amide bonds. The number of anilines is 1. The van der Waals surface area contributed by atoms with E-state index in [-0.39, 0.29) is 11.7 Å². The lowest BCUT2D eigenvalue weighted by Gasteiger charge is -2.41. The number of nitrogens with zero attached hydrogens (tertiary/aromatic N) is 4. The number of aromatic nitrogens is 3. The largest absolute Gasteiger partial charge is 0.477 e. The van der Waals surface area contributed by atoms with Crippen LogP contribution in [0, 0.1) is 0 Å². The van der Waals surface area contributed by atoms with Crippen LogP contribution in [-0.4, -0.2) is 60.1 Å². The molecule has 8 nitrogen and oxygen atoms in total. The van der Waals surface area contributed by atoms with Crippen LogP contribution in [0.1, 0.15) is 55.4 Å². The minimum absolute atomic E-state index is 0.0418. The molecule has 2 N–H and O–H groups in total. The molecule has 1 saturated heterocycles. The summed E-state index contributed by atoms with van der Waals surface area (Å²) in [6.07, 6.45) is 11.0. The highest BCUT2D eigenvalue weighted by atomic mass is 32.2. The molecule has 11 heteroatoms. The van der Waals surface area contributed by atoms with Crippen LogP contribution in [0.3, 0.4) is 0 Å². The number of urea groups is 1. The number of amides is 2. The van der Waals surface area contributed by atoms with Crippen molar-refractivity contribution in [1.82, 2.24) is 19.4 Å². The van der Waals surface area contributed by atoms with Crippen LogP contribution in [0.4, 0.5) is 9.93 Å². The van der Waals surface area contributed by atoms with Gasteiger partial charge in [-0.05, 0) is 49.0 Å². The zero-order valence-electron chi connectivity index (χ0n) is 17.5. The monoisotopic (exact) mass is 481 g/mol. The maximum absolute atomic E-state index is 13.3. The Hall–Kier alpha value is -1.72. The van der Waals surface area contributed by atoms with Crippen LogP contribution in [0.15, 0.2) is 21.8 Å². The van der Waals surface area contributed by atoms with Crippen molar-refractivity contribution in [3.8, 4) is 0 Å². The first-order valence-corrected chi connectivity index (χ1v) is 13.4. The summed E-state index contributed by atoms with van der Waals surface area (Å²) in [5, 5.41) is 13.3. The molecule has 2 aliphatic rings. The number of carbonyl (C=O) groups excluding carboxylic acids is 1. The van der Waals surface area contributed by atoms with E-state index in [2.05, 4.69) is 20.2 Å². The molecule has 1 saturated carbocycles. The predicted molar refractivity (Wildman–Crippen MR) is 124 cm³/mol. The minimum Gasteiger partial charge on any atom is -0.477 e. The molecule has 3 heterocycles. The third kappa shape index (κ3) is 5.38. The molecule has 4 rings (SSSR count). The number of carboxylic acid groups (broad SMARTS) is 1. The zero-order valence-corrected chi connectivity index (χ0v) is 19.9. The number of carbonyl (C=O) groups is 2. The lowest BCUT2D eigenvalue weighted by molar-refractivity contribution is 0.0685. The summed E-state index contributed by atoms with van der Waals surface area (Å²) in [5.74, 6) is 1.21. The highest BCUT2D eigenvalue weighted by molar-refractivity contribution is 8.01. The molecule has 1 aliphatic carbocycles. The normalized spacial score (nSPS) is 18.1. The van der Waals surface area contributed by atoms with E-state index in [1.807, 2.05) is 11.8 Å². The summed E-state index contributed by atoms with van der Waals surface area (Å²) in [6, 6.07) is 0.581. The molecule has 0 radical (unpaired) electrons. The van der Waals surface area contributed by atoms with Gasteiger partial charge in [-0.2, -0.15) is 11.8 Å². The van der Waals surface area contributed by atoms with Gasteiger partial charge in [-0.1, -0.05) is 30.6 Å². The van der Waals surface area contributed by atoms with Gasteiger partial charge in [0.25, 0.3) is 0 Å². The topological polar surface area (TPSA) is 100 Å². The van der Waals surface area contributed by atoms with Gasteiger partial charge in [-0.25, -0.2) is 19.6 Å². The Bertz CT molecular complexity index is 901. The first kappa shape index (κ1) is 22.5. The second kappa shape index (κ2) is 10.3. The number of nitrogens with one attached hydrogen (secondary N) is 1. The summed E-state index contributed by atoms with van der Waals surface area (Å²) >= 11 is 4.69. The second-order valence-electron chi connectivity index (χ2n) is 7.85. The summed E-state index contributed by atoms with van der Waals surface area (Å²) in [7, 11) is 1.67. The molecule has 0 bridgehead atoms. The summed E-state index contributed by atoms with van der Waals surface area (Å²) in [5.41, 5.74) is 0.134. The number of hydrogen-bond donors (Lipinski definition) is 2. The average molecular weight is 482 g/mol. The van der Waals surface area contributed by atoms with Crippen molar-refractivity contribution >= 4 is 52.0 Å². The number of rotatable bonds is 6. The van der Waals surface area contributed by atoms with Crippen molar-refractivity contribution in [3.05, 3.63) is 18.1 Å². The van der Waals surface area contributed by atoms with Crippen LogP contribution in [0.25, 0.3) is 0 Å². The Kier molecular flexibility index (Phi) is 7.44. The summed E-state index contributed by atoms with van der Waals surface area (Å²) in [4.78, 5) is 35.2. The quantitative estimate of drug-likeness (QED) is 0.612. The number of thioether (sulfide) groups is 1. The smallest absolute Gasteiger partial charge is 0.354 e. The molecule has 31 heavy (non-hydrogen) atoms. The fourth-order valence-electron chi connectivity index (χ4n) is 4.25. The van der Waals surface area contributed by atoms with Crippen molar-refractivity contribution in [2.45, 2.75) is 66.4 Å². The van der Waals surface area contributed by atoms with Crippen molar-refractivity contribution in [1.29, 1.82) is 0 Å². The fraction of sp³-hybridized carbons (Fsp3) is 0.600. The van der Waals surface area contributed by atoms with Crippen LogP contribution in [0.2, 0.25) is 0 Å². The van der Waals surface area contributed by atoms with Crippen molar-refractivity contribution in [2.24, 2.45) is 7.05 Å². The van der Waals surface area contributed by atoms with Crippen molar-refractivity contribution in [2.75, 3.05) is 16.8 Å². The molecular formula is C20H27N5O3S3. The Morgan fingerprint density at radius 2 is 1.84 bits per heavy atom. The van der Waals surface area contributed by atoms with Gasteiger partial charge in [0.1, 0.15) is 5.69 Å². The van der Waals surface area contributed by atoms with Crippen LogP contribution < -0.4 is 5.32 Å². The van der Waals surface area contributed by atoms with Gasteiger partial charge >= 0.3 is 12.0 Å². The maximum Gasteiger partial charge on any atom is 0.354 e. The van der Waals surface area contributed by atoms with Gasteiger partial charge in [0.05, 0.1) is 16.6 Å². The number of hydrogen-bond acceptors (Lipinski definition) is 7. The van der Waals surface area contributed by atoms with E-state index in [1.165, 1.54) is 53.1 Å². The molecule has 0 spiro atoms.